The summed E-state index contributed by atoms with van der Waals surface area (Å²) in [7, 11) is 0. The van der Waals surface area contributed by atoms with Crippen molar-refractivity contribution in [1.29, 1.82) is 0 Å². The highest BCUT2D eigenvalue weighted by Gasteiger charge is 2.04. The van der Waals surface area contributed by atoms with Crippen molar-refractivity contribution in [2.45, 2.75) is 26.4 Å². The molecular weight excluding hydrogens is 254 g/mol. The van der Waals surface area contributed by atoms with Crippen LogP contribution in [0.25, 0.3) is 0 Å². The molecule has 96 valence electrons. The van der Waals surface area contributed by atoms with E-state index in [0.29, 0.717) is 18.7 Å². The van der Waals surface area contributed by atoms with Crippen LogP contribution in [0.5, 0.6) is 0 Å². The van der Waals surface area contributed by atoms with E-state index in [0.717, 1.165) is 28.4 Å². The third-order valence-electron chi connectivity index (χ3n) is 2.53. The summed E-state index contributed by atoms with van der Waals surface area (Å²) in [5.74, 6) is -0.804. The number of nitrogens with one attached hydrogen (secondary N) is 1. The van der Waals surface area contributed by atoms with E-state index in [4.69, 9.17) is 0 Å². The van der Waals surface area contributed by atoms with Gasteiger partial charge in [-0.2, -0.15) is 0 Å². The van der Waals surface area contributed by atoms with Gasteiger partial charge in [0.2, 0.25) is 0 Å². The molecule has 1 aromatic carbocycles. The first kappa shape index (κ1) is 13.1. The van der Waals surface area contributed by atoms with Gasteiger partial charge in [0.1, 0.15) is 11.6 Å². The van der Waals surface area contributed by atoms with Crippen molar-refractivity contribution >= 4 is 11.3 Å². The minimum absolute atomic E-state index is 0.308. The lowest BCUT2D eigenvalue weighted by atomic mass is 10.2. The molecular formula is C13H14F2N2S. The van der Waals surface area contributed by atoms with Gasteiger partial charge in [-0.3, -0.25) is 0 Å². The molecule has 0 radical (unpaired) electrons. The van der Waals surface area contributed by atoms with Crippen LogP contribution in [0.15, 0.2) is 24.4 Å². The van der Waals surface area contributed by atoms with E-state index < -0.39 is 5.82 Å². The Hall–Kier alpha value is -1.33. The summed E-state index contributed by atoms with van der Waals surface area (Å²) >= 11 is 1.63. The van der Waals surface area contributed by atoms with Crippen molar-refractivity contribution in [2.75, 3.05) is 0 Å². The monoisotopic (exact) mass is 268 g/mol. The number of nitrogens with zero attached hydrogens (tertiary/aromatic N) is 1. The number of thiazole rings is 1. The van der Waals surface area contributed by atoms with E-state index >= 15 is 0 Å². The lowest BCUT2D eigenvalue weighted by molar-refractivity contribution is 0.569. The van der Waals surface area contributed by atoms with Crippen LogP contribution in [0.4, 0.5) is 8.78 Å². The highest BCUT2D eigenvalue weighted by atomic mass is 32.1. The molecule has 0 amide bonds. The number of hydrogen-bond donors (Lipinski definition) is 1. The van der Waals surface area contributed by atoms with Gasteiger partial charge in [0.25, 0.3) is 0 Å². The SMILES string of the molecule is CCc1ncc(CNCc2cc(F)ccc2F)s1. The lowest BCUT2D eigenvalue weighted by Gasteiger charge is -2.04. The van der Waals surface area contributed by atoms with Crippen molar-refractivity contribution < 1.29 is 8.78 Å². The standard InChI is InChI=1S/C13H14F2N2S/c1-2-13-17-8-11(18-13)7-16-6-9-5-10(14)3-4-12(9)15/h3-5,8,16H,2,6-7H2,1H3. The largest absolute Gasteiger partial charge is 0.308 e. The molecule has 2 aromatic rings. The van der Waals surface area contributed by atoms with E-state index in [1.54, 1.807) is 11.3 Å². The van der Waals surface area contributed by atoms with Gasteiger partial charge >= 0.3 is 0 Å². The molecule has 18 heavy (non-hydrogen) atoms. The van der Waals surface area contributed by atoms with Gasteiger partial charge in [0, 0.05) is 29.7 Å². The second-order valence-electron chi connectivity index (χ2n) is 3.91. The summed E-state index contributed by atoms with van der Waals surface area (Å²) in [5, 5.41) is 4.17. The van der Waals surface area contributed by atoms with Crippen LogP contribution in [0, 0.1) is 11.6 Å². The molecule has 0 fully saturated rings. The Morgan fingerprint density at radius 1 is 1.28 bits per heavy atom. The number of hydrogen-bond acceptors (Lipinski definition) is 3. The fourth-order valence-corrected chi connectivity index (χ4v) is 2.42. The van der Waals surface area contributed by atoms with E-state index in [9.17, 15) is 8.78 Å². The van der Waals surface area contributed by atoms with Gasteiger partial charge in [0.15, 0.2) is 0 Å². The maximum atomic E-state index is 13.3. The van der Waals surface area contributed by atoms with Crippen molar-refractivity contribution in [1.82, 2.24) is 10.3 Å². The van der Waals surface area contributed by atoms with E-state index in [1.807, 2.05) is 6.20 Å². The van der Waals surface area contributed by atoms with Gasteiger partial charge in [-0.25, -0.2) is 13.8 Å². The topological polar surface area (TPSA) is 24.9 Å². The molecule has 0 aliphatic heterocycles. The zero-order chi connectivity index (χ0) is 13.0. The number of halogens is 2. The smallest absolute Gasteiger partial charge is 0.127 e. The summed E-state index contributed by atoms with van der Waals surface area (Å²) in [5.41, 5.74) is 0.343. The Kier molecular flexibility index (Phi) is 4.38. The van der Waals surface area contributed by atoms with E-state index in [2.05, 4.69) is 17.2 Å². The van der Waals surface area contributed by atoms with Crippen LogP contribution in [0.1, 0.15) is 22.4 Å². The summed E-state index contributed by atoms with van der Waals surface area (Å²) in [6.07, 6.45) is 2.74. The first-order valence-electron chi connectivity index (χ1n) is 5.77. The molecule has 0 aliphatic carbocycles. The Balaban J connectivity index is 1.90. The van der Waals surface area contributed by atoms with Crippen molar-refractivity contribution in [3.8, 4) is 0 Å². The molecule has 0 atom stereocenters. The highest BCUT2D eigenvalue weighted by molar-refractivity contribution is 7.11. The zero-order valence-corrected chi connectivity index (χ0v) is 10.9. The van der Waals surface area contributed by atoms with Gasteiger partial charge in [-0.15, -0.1) is 11.3 Å². The average Bonchev–Trinajstić information content (AvgIpc) is 2.81. The molecule has 0 spiro atoms. The molecule has 1 N–H and O–H groups in total. The summed E-state index contributed by atoms with van der Waals surface area (Å²) in [6, 6.07) is 3.48. The predicted molar refractivity (Wildman–Crippen MR) is 68.4 cm³/mol. The maximum Gasteiger partial charge on any atom is 0.127 e. The Morgan fingerprint density at radius 2 is 2.11 bits per heavy atom. The fourth-order valence-electron chi connectivity index (χ4n) is 1.59. The molecule has 0 saturated carbocycles. The lowest BCUT2D eigenvalue weighted by Crippen LogP contribution is -2.13. The third-order valence-corrected chi connectivity index (χ3v) is 3.67. The minimum atomic E-state index is -0.417. The fraction of sp³-hybridized carbons (Fsp3) is 0.308. The number of benzene rings is 1. The first-order valence-corrected chi connectivity index (χ1v) is 6.59. The molecule has 0 unspecified atom stereocenters. The second kappa shape index (κ2) is 6.02. The molecule has 1 aromatic heterocycles. The molecule has 5 heteroatoms. The van der Waals surface area contributed by atoms with Crippen LogP contribution in [0.2, 0.25) is 0 Å². The quantitative estimate of drug-likeness (QED) is 0.900. The van der Waals surface area contributed by atoms with Crippen molar-refractivity contribution in [3.05, 3.63) is 51.5 Å². The Morgan fingerprint density at radius 3 is 2.83 bits per heavy atom. The average molecular weight is 268 g/mol. The maximum absolute atomic E-state index is 13.3. The van der Waals surface area contributed by atoms with Crippen LogP contribution < -0.4 is 5.32 Å². The van der Waals surface area contributed by atoms with Gasteiger partial charge in [-0.1, -0.05) is 6.92 Å². The molecule has 2 nitrogen and oxygen atoms in total. The molecule has 0 bridgehead atoms. The van der Waals surface area contributed by atoms with Crippen LogP contribution in [-0.2, 0) is 19.5 Å². The Bertz CT molecular complexity index is 525. The summed E-state index contributed by atoms with van der Waals surface area (Å²) in [4.78, 5) is 5.34. The van der Waals surface area contributed by atoms with Crippen molar-refractivity contribution in [3.63, 3.8) is 0 Å². The van der Waals surface area contributed by atoms with Gasteiger partial charge in [0.05, 0.1) is 5.01 Å². The zero-order valence-electron chi connectivity index (χ0n) is 10.0. The number of rotatable bonds is 5. The molecule has 2 rings (SSSR count). The minimum Gasteiger partial charge on any atom is -0.308 e. The molecule has 1 heterocycles. The summed E-state index contributed by atoms with van der Waals surface area (Å²) < 4.78 is 26.3. The van der Waals surface area contributed by atoms with Crippen molar-refractivity contribution in [2.24, 2.45) is 0 Å². The van der Waals surface area contributed by atoms with E-state index in [-0.39, 0.29) is 5.82 Å². The summed E-state index contributed by atoms with van der Waals surface area (Å²) in [6.45, 7) is 2.98. The molecule has 0 saturated heterocycles. The molecule has 0 aliphatic rings. The second-order valence-corrected chi connectivity index (χ2v) is 5.11. The predicted octanol–water partition coefficient (Wildman–Crippen LogP) is 3.27. The highest BCUT2D eigenvalue weighted by Crippen LogP contribution is 2.14. The number of aryl methyl sites for hydroxylation is 1. The van der Waals surface area contributed by atoms with Gasteiger partial charge in [-0.05, 0) is 24.6 Å². The van der Waals surface area contributed by atoms with Crippen LogP contribution in [0.3, 0.4) is 0 Å². The van der Waals surface area contributed by atoms with Gasteiger partial charge < -0.3 is 5.32 Å². The first-order chi connectivity index (χ1) is 8.69. The normalized spacial score (nSPS) is 10.8. The Labute approximate surface area is 109 Å². The third kappa shape index (κ3) is 3.34. The van der Waals surface area contributed by atoms with Crippen LogP contribution >= 0.6 is 11.3 Å². The number of aromatic nitrogens is 1. The van der Waals surface area contributed by atoms with E-state index in [1.165, 1.54) is 6.07 Å². The van der Waals surface area contributed by atoms with Crippen LogP contribution in [-0.4, -0.2) is 4.98 Å².